The Morgan fingerprint density at radius 1 is 1.23 bits per heavy atom. The SMILES string of the molecule is CCCc1cc2c(cc1C(F)F)-c1cc(=O)c(C(=O)OCC)cn1C(C)(C(C)C)C2. The minimum absolute atomic E-state index is 0.0113. The van der Waals surface area contributed by atoms with Gasteiger partial charge in [-0.05, 0) is 49.8 Å². The van der Waals surface area contributed by atoms with Gasteiger partial charge >= 0.3 is 5.97 Å². The lowest BCUT2D eigenvalue weighted by molar-refractivity contribution is 0.0522. The van der Waals surface area contributed by atoms with E-state index in [2.05, 4.69) is 20.8 Å². The molecular formula is C24H29F2NO3. The van der Waals surface area contributed by atoms with E-state index in [1.54, 1.807) is 13.1 Å². The lowest BCUT2D eigenvalue weighted by Gasteiger charge is -2.43. The maximum absolute atomic E-state index is 13.8. The first-order chi connectivity index (χ1) is 14.1. The maximum atomic E-state index is 13.8. The molecular weight excluding hydrogens is 388 g/mol. The number of esters is 1. The Labute approximate surface area is 175 Å². The van der Waals surface area contributed by atoms with Crippen LogP contribution in [0.2, 0.25) is 0 Å². The fourth-order valence-corrected chi connectivity index (χ4v) is 4.27. The molecule has 1 aromatic heterocycles. The van der Waals surface area contributed by atoms with Crippen molar-refractivity contribution >= 4 is 5.97 Å². The number of hydrogen-bond acceptors (Lipinski definition) is 3. The van der Waals surface area contributed by atoms with Crippen LogP contribution >= 0.6 is 0 Å². The summed E-state index contributed by atoms with van der Waals surface area (Å²) in [6.45, 7) is 10.1. The number of nitrogens with zero attached hydrogens (tertiary/aromatic N) is 1. The van der Waals surface area contributed by atoms with Gasteiger partial charge in [0.05, 0.1) is 12.3 Å². The molecule has 2 heterocycles. The van der Waals surface area contributed by atoms with E-state index in [-0.39, 0.29) is 23.7 Å². The summed E-state index contributed by atoms with van der Waals surface area (Å²) < 4.78 is 34.5. The molecule has 0 radical (unpaired) electrons. The Morgan fingerprint density at radius 3 is 2.50 bits per heavy atom. The third-order valence-electron chi connectivity index (χ3n) is 6.28. The van der Waals surface area contributed by atoms with Crippen molar-refractivity contribution in [3.05, 3.63) is 56.9 Å². The minimum atomic E-state index is -2.59. The van der Waals surface area contributed by atoms with Gasteiger partial charge in [0.1, 0.15) is 5.56 Å². The van der Waals surface area contributed by atoms with Crippen molar-refractivity contribution in [2.24, 2.45) is 5.92 Å². The molecule has 0 bridgehead atoms. The number of fused-ring (bicyclic) bond motifs is 3. The van der Waals surface area contributed by atoms with Crippen molar-refractivity contribution in [2.45, 2.75) is 65.8 Å². The number of pyridine rings is 1. The summed E-state index contributed by atoms with van der Waals surface area (Å²) in [7, 11) is 0. The zero-order valence-electron chi connectivity index (χ0n) is 18.2. The van der Waals surface area contributed by atoms with Crippen molar-refractivity contribution in [1.82, 2.24) is 4.57 Å². The van der Waals surface area contributed by atoms with Crippen LogP contribution in [0.4, 0.5) is 8.78 Å². The van der Waals surface area contributed by atoms with E-state index in [1.165, 1.54) is 12.1 Å². The van der Waals surface area contributed by atoms with Gasteiger partial charge in [0.15, 0.2) is 5.43 Å². The number of rotatable bonds is 6. The second kappa shape index (κ2) is 8.32. The molecule has 0 saturated heterocycles. The lowest BCUT2D eigenvalue weighted by Crippen LogP contribution is -2.42. The third kappa shape index (κ3) is 3.68. The number of alkyl halides is 2. The van der Waals surface area contributed by atoms with Crippen molar-refractivity contribution in [3.63, 3.8) is 0 Å². The number of halogens is 2. The molecule has 1 atom stereocenters. The molecule has 0 N–H and O–H groups in total. The highest BCUT2D eigenvalue weighted by Crippen LogP contribution is 2.43. The zero-order chi connectivity index (χ0) is 22.2. The number of ether oxygens (including phenoxy) is 1. The van der Waals surface area contributed by atoms with Crippen molar-refractivity contribution in [2.75, 3.05) is 6.61 Å². The van der Waals surface area contributed by atoms with Gasteiger partial charge in [0.2, 0.25) is 0 Å². The van der Waals surface area contributed by atoms with Gasteiger partial charge in [-0.2, -0.15) is 0 Å². The monoisotopic (exact) mass is 417 g/mol. The van der Waals surface area contributed by atoms with Crippen LogP contribution in [-0.4, -0.2) is 17.1 Å². The number of carbonyl (C=O) groups excluding carboxylic acids is 1. The van der Waals surface area contributed by atoms with E-state index in [4.69, 9.17) is 4.74 Å². The van der Waals surface area contributed by atoms with Gasteiger partial charge in [-0.1, -0.05) is 33.3 Å². The largest absolute Gasteiger partial charge is 0.462 e. The molecule has 0 saturated carbocycles. The third-order valence-corrected chi connectivity index (χ3v) is 6.28. The smallest absolute Gasteiger partial charge is 0.343 e. The topological polar surface area (TPSA) is 48.3 Å². The van der Waals surface area contributed by atoms with Crippen molar-refractivity contribution < 1.29 is 18.3 Å². The van der Waals surface area contributed by atoms with E-state index in [1.807, 2.05) is 17.6 Å². The van der Waals surface area contributed by atoms with Gasteiger partial charge in [-0.3, -0.25) is 4.79 Å². The highest BCUT2D eigenvalue weighted by Gasteiger charge is 2.38. The summed E-state index contributed by atoms with van der Waals surface area (Å²) in [4.78, 5) is 25.0. The average Bonchev–Trinajstić information content (AvgIpc) is 2.67. The molecule has 2 aromatic rings. The van der Waals surface area contributed by atoms with Crippen LogP contribution in [0.5, 0.6) is 0 Å². The molecule has 0 spiro atoms. The van der Waals surface area contributed by atoms with E-state index < -0.39 is 23.4 Å². The normalized spacial score (nSPS) is 17.8. The maximum Gasteiger partial charge on any atom is 0.343 e. The van der Waals surface area contributed by atoms with Crippen LogP contribution in [0.3, 0.4) is 0 Å². The average molecular weight is 417 g/mol. The Balaban J connectivity index is 2.32. The molecule has 0 amide bonds. The van der Waals surface area contributed by atoms with E-state index in [0.717, 1.165) is 12.0 Å². The second-order valence-corrected chi connectivity index (χ2v) is 8.47. The van der Waals surface area contributed by atoms with Gasteiger partial charge in [0.25, 0.3) is 6.43 Å². The van der Waals surface area contributed by atoms with E-state index in [9.17, 15) is 18.4 Å². The Hall–Kier alpha value is -2.50. The summed E-state index contributed by atoms with van der Waals surface area (Å²) >= 11 is 0. The van der Waals surface area contributed by atoms with Crippen LogP contribution in [0.15, 0.2) is 29.2 Å². The predicted octanol–water partition coefficient (Wildman–Crippen LogP) is 5.51. The summed E-state index contributed by atoms with van der Waals surface area (Å²) in [6, 6.07) is 4.80. The summed E-state index contributed by atoms with van der Waals surface area (Å²) in [6.07, 6.45) is 0.937. The molecule has 6 heteroatoms. The number of benzene rings is 1. The standard InChI is InChI=1S/C24H29F2NO3/c1-6-8-15-9-16-12-24(5,14(3)4)27-13-19(23(29)30-7-2)21(28)11-20(27)17(16)10-18(15)22(25)26/h9-11,13-14,22H,6-8,12H2,1-5H3. The van der Waals surface area contributed by atoms with Crippen molar-refractivity contribution in [1.29, 1.82) is 0 Å². The quantitative estimate of drug-likeness (QED) is 0.583. The van der Waals surface area contributed by atoms with Gasteiger partial charge < -0.3 is 9.30 Å². The molecule has 30 heavy (non-hydrogen) atoms. The minimum Gasteiger partial charge on any atom is -0.462 e. The predicted molar refractivity (Wildman–Crippen MR) is 113 cm³/mol. The van der Waals surface area contributed by atoms with Gasteiger partial charge in [-0.25, -0.2) is 13.6 Å². The second-order valence-electron chi connectivity index (χ2n) is 8.47. The Morgan fingerprint density at radius 2 is 1.93 bits per heavy atom. The highest BCUT2D eigenvalue weighted by molar-refractivity contribution is 5.89. The summed E-state index contributed by atoms with van der Waals surface area (Å²) in [5, 5.41) is 0. The fourth-order valence-electron chi connectivity index (χ4n) is 4.27. The first kappa shape index (κ1) is 22.2. The molecule has 0 aliphatic carbocycles. The summed E-state index contributed by atoms with van der Waals surface area (Å²) in [5.41, 5.74) is 1.91. The molecule has 4 nitrogen and oxygen atoms in total. The molecule has 1 aliphatic rings. The fraction of sp³-hybridized carbons (Fsp3) is 0.500. The Bertz CT molecular complexity index is 1030. The van der Waals surface area contributed by atoms with Gasteiger partial charge in [0, 0.05) is 28.9 Å². The highest BCUT2D eigenvalue weighted by atomic mass is 19.3. The van der Waals surface area contributed by atoms with Crippen LogP contribution in [-0.2, 0) is 23.1 Å². The number of aromatic nitrogens is 1. The van der Waals surface area contributed by atoms with Crippen LogP contribution in [0.1, 0.15) is 74.5 Å². The molecule has 1 aromatic carbocycles. The van der Waals surface area contributed by atoms with Crippen LogP contribution < -0.4 is 5.43 Å². The number of carbonyl (C=O) groups is 1. The first-order valence-electron chi connectivity index (χ1n) is 10.5. The van der Waals surface area contributed by atoms with Crippen LogP contribution in [0, 0.1) is 5.92 Å². The van der Waals surface area contributed by atoms with Crippen molar-refractivity contribution in [3.8, 4) is 11.3 Å². The van der Waals surface area contributed by atoms with E-state index >= 15 is 0 Å². The Kier molecular flexibility index (Phi) is 6.16. The summed E-state index contributed by atoms with van der Waals surface area (Å²) in [5.74, 6) is -0.493. The van der Waals surface area contributed by atoms with E-state index in [0.29, 0.717) is 29.7 Å². The van der Waals surface area contributed by atoms with Gasteiger partial charge in [-0.15, -0.1) is 0 Å². The number of hydrogen-bond donors (Lipinski definition) is 0. The molecule has 3 rings (SSSR count). The lowest BCUT2D eigenvalue weighted by atomic mass is 9.76. The number of aryl methyl sites for hydroxylation is 1. The molecule has 0 fully saturated rings. The molecule has 162 valence electrons. The van der Waals surface area contributed by atoms with Crippen LogP contribution in [0.25, 0.3) is 11.3 Å². The molecule has 1 aliphatic heterocycles. The molecule has 1 unspecified atom stereocenters. The zero-order valence-corrected chi connectivity index (χ0v) is 18.2. The first-order valence-corrected chi connectivity index (χ1v) is 10.5.